The number of pyridine rings is 6. The third kappa shape index (κ3) is 18.1. The van der Waals surface area contributed by atoms with Gasteiger partial charge in [-0.2, -0.15) is 46.4 Å². The highest BCUT2D eigenvalue weighted by Gasteiger charge is 2.27. The van der Waals surface area contributed by atoms with Gasteiger partial charge in [0.15, 0.2) is 0 Å². The number of carbonyl (C=O) groups is 3. The van der Waals surface area contributed by atoms with Crippen molar-refractivity contribution in [2.75, 3.05) is 100 Å². The Morgan fingerprint density at radius 2 is 0.715 bits per heavy atom. The molecule has 31 nitrogen and oxygen atoms in total. The van der Waals surface area contributed by atoms with Crippen LogP contribution in [0.15, 0.2) is 226 Å². The van der Waals surface area contributed by atoms with Gasteiger partial charge < -0.3 is 34.1 Å². The molecule has 0 bridgehead atoms. The second kappa shape index (κ2) is 36.2. The molecular weight excluding hydrogens is 1550 g/mol. The zero-order valence-corrected chi connectivity index (χ0v) is 66.5. The summed E-state index contributed by atoms with van der Waals surface area (Å²) >= 11 is 0. The first-order chi connectivity index (χ1) is 59.5. The van der Waals surface area contributed by atoms with E-state index in [0.29, 0.717) is 112 Å². The van der Waals surface area contributed by atoms with Crippen molar-refractivity contribution < 1.29 is 24.0 Å². The molecule has 0 spiro atoms. The lowest BCUT2D eigenvalue weighted by molar-refractivity contribution is -0.384. The minimum atomic E-state index is -0.492. The number of nitro benzene ring substituents is 1. The molecule has 15 aromatic rings. The number of aromatic nitrogens is 15. The Labute approximate surface area is 706 Å². The van der Waals surface area contributed by atoms with E-state index in [4.69, 9.17) is 19.7 Å². The van der Waals surface area contributed by atoms with Crippen molar-refractivity contribution in [2.45, 2.75) is 7.43 Å². The van der Waals surface area contributed by atoms with Crippen molar-refractivity contribution in [2.24, 2.45) is 21.1 Å². The third-order valence-corrected chi connectivity index (χ3v) is 21.0. The molecule has 0 aliphatic carbocycles. The summed E-state index contributed by atoms with van der Waals surface area (Å²) in [6.07, 6.45) is 27.0. The number of fused-ring (bicyclic) bond motifs is 3. The number of nitrogens with zero attached hydrogens (tertiary/aromatic N) is 25. The number of non-ortho nitro benzene ring substituents is 1. The van der Waals surface area contributed by atoms with E-state index in [-0.39, 0.29) is 30.8 Å². The molecule has 0 saturated carbocycles. The van der Waals surface area contributed by atoms with Crippen LogP contribution >= 0.6 is 0 Å². The molecule has 0 radical (unpaired) electrons. The highest BCUT2D eigenvalue weighted by molar-refractivity contribution is 5.96. The average molecular weight is 1630 g/mol. The highest BCUT2D eigenvalue weighted by Crippen LogP contribution is 2.37. The van der Waals surface area contributed by atoms with Gasteiger partial charge in [0.05, 0.1) is 82.5 Å². The van der Waals surface area contributed by atoms with Gasteiger partial charge in [-0.1, -0.05) is 55.5 Å². The summed E-state index contributed by atoms with van der Waals surface area (Å²) in [6.45, 7) is 7.05. The van der Waals surface area contributed by atoms with Gasteiger partial charge in [0.2, 0.25) is 0 Å². The fourth-order valence-corrected chi connectivity index (χ4v) is 14.6. The van der Waals surface area contributed by atoms with Crippen LogP contribution < -0.4 is 19.4 Å². The lowest BCUT2D eigenvalue weighted by atomic mass is 10.0. The summed E-state index contributed by atoms with van der Waals surface area (Å²) in [7, 11) is 7.21. The van der Waals surface area contributed by atoms with Crippen molar-refractivity contribution in [3.05, 3.63) is 270 Å². The smallest absolute Gasteiger partial charge is 0.298 e. The van der Waals surface area contributed by atoms with E-state index in [1.54, 1.807) is 105 Å². The maximum Gasteiger partial charge on any atom is 0.298 e. The van der Waals surface area contributed by atoms with Crippen LogP contribution in [0.1, 0.15) is 40.8 Å². The number of piperazine rings is 3. The highest BCUT2D eigenvalue weighted by atomic mass is 16.6. The maximum absolute atomic E-state index is 12.7. The van der Waals surface area contributed by atoms with Crippen molar-refractivity contribution in [1.29, 1.82) is 15.8 Å². The lowest BCUT2D eigenvalue weighted by Gasteiger charge is -2.34. The molecular formula is C92H77N25O6. The first-order valence-corrected chi connectivity index (χ1v) is 38.7. The number of rotatable bonds is 11. The van der Waals surface area contributed by atoms with Gasteiger partial charge >= 0.3 is 0 Å². The molecule has 0 N–H and O–H groups in total. The number of aryl methyl sites for hydroxylation is 3. The van der Waals surface area contributed by atoms with Crippen LogP contribution in [0.25, 0.3) is 83.3 Å². The number of methoxy groups -OCH3 is 1. The number of hydrogen-bond acceptors (Lipinski definition) is 21. The number of benzene rings is 3. The zero-order chi connectivity index (χ0) is 84.3. The van der Waals surface area contributed by atoms with Crippen LogP contribution in [0.2, 0.25) is 0 Å². The van der Waals surface area contributed by atoms with Gasteiger partial charge in [0.1, 0.15) is 41.4 Å². The fraction of sp³-hybridized carbons (Fsp3) is 0.185. The fourth-order valence-electron chi connectivity index (χ4n) is 14.6. The van der Waals surface area contributed by atoms with E-state index >= 15 is 0 Å². The molecule has 606 valence electrons. The number of amides is 3. The summed E-state index contributed by atoms with van der Waals surface area (Å²) in [5, 5.41) is 66.1. The molecule has 3 aliphatic heterocycles. The molecule has 3 fully saturated rings. The second-order valence-corrected chi connectivity index (χ2v) is 28.7. The quantitative estimate of drug-likeness (QED) is 0.0659. The third-order valence-electron chi connectivity index (χ3n) is 21.0. The number of hydrogen-bond donors (Lipinski definition) is 0. The van der Waals surface area contributed by atoms with Crippen LogP contribution in [0.3, 0.4) is 0 Å². The Morgan fingerprint density at radius 1 is 0.374 bits per heavy atom. The Balaban J connectivity index is 0.000000143. The second-order valence-electron chi connectivity index (χ2n) is 28.7. The minimum Gasteiger partial charge on any atom is -0.497 e. The van der Waals surface area contributed by atoms with Gasteiger partial charge in [0, 0.05) is 269 Å². The van der Waals surface area contributed by atoms with E-state index < -0.39 is 4.92 Å². The Kier molecular flexibility index (Phi) is 23.9. The number of carbonyl (C=O) groups excluding carboxylic acids is 3. The van der Waals surface area contributed by atoms with Crippen LogP contribution in [0, 0.1) is 79.6 Å². The molecule has 18 rings (SSSR count). The van der Waals surface area contributed by atoms with Crippen molar-refractivity contribution in [1.82, 2.24) is 87.8 Å². The van der Waals surface area contributed by atoms with Gasteiger partial charge in [-0.05, 0) is 91.0 Å². The predicted molar refractivity (Wildman–Crippen MR) is 462 cm³/mol. The molecule has 0 unspecified atom stereocenters. The van der Waals surface area contributed by atoms with Crippen molar-refractivity contribution in [3.8, 4) is 126 Å². The Morgan fingerprint density at radius 3 is 1.03 bits per heavy atom. The first kappa shape index (κ1) is 81.1. The summed E-state index contributed by atoms with van der Waals surface area (Å²) in [5.74, 6) is 19.2. The molecule has 31 heteroatoms. The van der Waals surface area contributed by atoms with Crippen LogP contribution in [0.4, 0.5) is 23.1 Å². The minimum absolute atomic E-state index is 0. The van der Waals surface area contributed by atoms with Crippen molar-refractivity contribution >= 4 is 57.4 Å². The van der Waals surface area contributed by atoms with E-state index in [0.717, 1.165) is 106 Å². The molecule has 3 aromatic carbocycles. The zero-order valence-electron chi connectivity index (χ0n) is 66.5. The molecule has 0 atom stereocenters. The van der Waals surface area contributed by atoms with Gasteiger partial charge in [-0.3, -0.25) is 38.5 Å². The molecule has 15 heterocycles. The topological polar surface area (TPSA) is 338 Å². The lowest BCUT2D eigenvalue weighted by Crippen LogP contribution is -2.48. The number of anilines is 3. The predicted octanol–water partition coefficient (Wildman–Crippen LogP) is 10.7. The molecule has 3 aliphatic rings. The average Bonchev–Trinajstić information content (AvgIpc) is 1.66. The summed E-state index contributed by atoms with van der Waals surface area (Å²) in [5.41, 5.74) is 16.4. The molecule has 123 heavy (non-hydrogen) atoms. The van der Waals surface area contributed by atoms with E-state index in [1.807, 2.05) is 180 Å². The maximum atomic E-state index is 12.7. The van der Waals surface area contributed by atoms with Crippen LogP contribution in [-0.2, 0) is 35.5 Å². The number of nitro groups is 1. The molecule has 12 aromatic heterocycles. The molecule has 3 saturated heterocycles. The van der Waals surface area contributed by atoms with Gasteiger partial charge in [-0.15, -0.1) is 0 Å². The molecule has 3 amide bonds. The summed E-state index contributed by atoms with van der Waals surface area (Å²) in [4.78, 5) is 74.2. The van der Waals surface area contributed by atoms with Crippen LogP contribution in [-0.4, -0.2) is 196 Å². The summed E-state index contributed by atoms with van der Waals surface area (Å²) in [6, 6.07) is 47.5. The Bertz CT molecular complexity index is 6840. The van der Waals surface area contributed by atoms with E-state index in [9.17, 15) is 40.3 Å². The number of nitriles is 3. The summed E-state index contributed by atoms with van der Waals surface area (Å²) < 4.78 is 15.6. The SMILES string of the molecule is C.COc1cccc(C#CC(=O)N2CCN(c3ccc(-c4cc(-c5cnn(C)c5)cn5ncc(C#N)c45)cn3)CC2)c1.Cn1cc(-c2cc(-c3ccc(N4CCN(C(=O)C#Cc5cccc([N+](=O)[O-])c5)CC4)nc3)c3c(C#N)cnn3c2)cn1.Cn1cc(-c2cc(-c3ccc(N4CCN(C(=O)C#Cc5ccccc5)CC4)nc3)c3c(C#N)cnn3c2)cn1. The van der Waals surface area contributed by atoms with Crippen molar-refractivity contribution in [3.63, 3.8) is 0 Å². The number of ether oxygens (including phenoxy) is 1. The van der Waals surface area contributed by atoms with Gasteiger partial charge in [0.25, 0.3) is 23.4 Å². The van der Waals surface area contributed by atoms with E-state index in [1.165, 1.54) is 12.1 Å². The largest absolute Gasteiger partial charge is 0.497 e. The first-order valence-electron chi connectivity index (χ1n) is 38.7. The Hall–Kier alpha value is -17.0. The van der Waals surface area contributed by atoms with E-state index in [2.05, 4.69) is 99.0 Å². The monoisotopic (exact) mass is 1630 g/mol. The van der Waals surface area contributed by atoms with Gasteiger partial charge in [-0.25, -0.2) is 28.5 Å². The van der Waals surface area contributed by atoms with Crippen LogP contribution in [0.5, 0.6) is 5.75 Å². The normalized spacial score (nSPS) is 12.9. The standard InChI is InChI=1S/C31H26N8O2.C30H23N9O3.C30H24N8O.CH4/c1-36-20-26(19-34-36)24-15-28(31-25(16-32)18-35-39(31)21-24)23-7-8-29(33-17-23)37-10-12-38(13-11-37)30(40)9-6-22-4-3-5-27(14-22)41-2;1-35-19-25(18-33-35)23-14-27(30-24(15-31)17-34-38(30)20-23)22-6-7-28(32-16-22)36-9-11-37(12-10-36)29(40)8-5-21-3-2-4-26(13-21)39(41)42;1-35-20-26(19-33-35)24-15-27(30-25(16-31)18-34-38(30)21-24)23-8-9-28(32-17-23)36-11-13-37(14-12-36)29(39)10-7-22-5-3-2-4-6-22;/h3-5,7-8,14-15,17-21H,10-13H2,1-2H3;2-4,6-7,13-14,16-20H,9-12H2,1H3;2-6,8-9,15,17-21H,11-14H2,1H3;1H4.